The highest BCUT2D eigenvalue weighted by Gasteiger charge is 2.28. The summed E-state index contributed by atoms with van der Waals surface area (Å²) in [5.41, 5.74) is 5.79. The SMILES string of the molecule is COc1ccc(S(=O)(=O)N(Cc2ccccc2)c2ccccc2C(=O)N/N=C(/C)CCc2ccccc2)cc1. The second-order valence-electron chi connectivity index (χ2n) is 8.96. The van der Waals surface area contributed by atoms with Crippen LogP contribution in [0.15, 0.2) is 119 Å². The van der Waals surface area contributed by atoms with Crippen molar-refractivity contribution in [3.8, 4) is 5.75 Å². The number of nitrogens with zero attached hydrogens (tertiary/aromatic N) is 2. The molecular formula is C31H31N3O4S. The van der Waals surface area contributed by atoms with Gasteiger partial charge < -0.3 is 4.74 Å². The number of para-hydroxylation sites is 1. The number of aryl methyl sites for hydroxylation is 1. The molecule has 0 saturated carbocycles. The lowest BCUT2D eigenvalue weighted by Crippen LogP contribution is -2.33. The van der Waals surface area contributed by atoms with Crippen molar-refractivity contribution in [1.29, 1.82) is 0 Å². The Labute approximate surface area is 229 Å². The molecule has 0 aliphatic rings. The third-order valence-corrected chi connectivity index (χ3v) is 7.97. The number of methoxy groups -OCH3 is 1. The van der Waals surface area contributed by atoms with Crippen molar-refractivity contribution < 1.29 is 17.9 Å². The standard InChI is InChI=1S/C31H31N3O4S/c1-24(17-18-25-11-5-3-6-12-25)32-33-31(35)29-15-9-10-16-30(29)34(23-26-13-7-4-8-14-26)39(36,37)28-21-19-27(38-2)20-22-28/h3-16,19-22H,17-18,23H2,1-2H3,(H,33,35)/b32-24-. The number of amides is 1. The molecule has 0 heterocycles. The molecule has 1 N–H and O–H groups in total. The number of carbonyl (C=O) groups excluding carboxylic acids is 1. The zero-order chi connectivity index (χ0) is 27.7. The van der Waals surface area contributed by atoms with E-state index in [9.17, 15) is 13.2 Å². The van der Waals surface area contributed by atoms with Crippen LogP contribution in [-0.4, -0.2) is 27.1 Å². The number of sulfonamides is 1. The molecule has 4 aromatic rings. The fourth-order valence-electron chi connectivity index (χ4n) is 4.04. The summed E-state index contributed by atoms with van der Waals surface area (Å²) in [6, 6.07) is 32.1. The normalized spacial score (nSPS) is 11.6. The predicted molar refractivity (Wildman–Crippen MR) is 155 cm³/mol. The summed E-state index contributed by atoms with van der Waals surface area (Å²) in [4.78, 5) is 13.4. The van der Waals surface area contributed by atoms with E-state index in [-0.39, 0.29) is 22.7 Å². The highest BCUT2D eigenvalue weighted by Crippen LogP contribution is 2.30. The molecule has 0 radical (unpaired) electrons. The van der Waals surface area contributed by atoms with Crippen molar-refractivity contribution in [2.75, 3.05) is 11.4 Å². The van der Waals surface area contributed by atoms with E-state index in [0.717, 1.165) is 17.7 Å². The molecule has 0 aliphatic heterocycles. The summed E-state index contributed by atoms with van der Waals surface area (Å²) in [7, 11) is -2.52. The maximum atomic E-state index is 13.9. The lowest BCUT2D eigenvalue weighted by Gasteiger charge is -2.26. The molecule has 0 atom stereocenters. The number of ether oxygens (including phenoxy) is 1. The quantitative estimate of drug-likeness (QED) is 0.191. The minimum absolute atomic E-state index is 0.0405. The Bertz CT molecular complexity index is 1520. The van der Waals surface area contributed by atoms with Crippen LogP contribution in [0.1, 0.15) is 34.8 Å². The summed E-state index contributed by atoms with van der Waals surface area (Å²) in [6.45, 7) is 1.89. The molecule has 4 aromatic carbocycles. The van der Waals surface area contributed by atoms with Crippen LogP contribution in [0, 0.1) is 0 Å². The van der Waals surface area contributed by atoms with Crippen molar-refractivity contribution in [3.05, 3.63) is 126 Å². The lowest BCUT2D eigenvalue weighted by atomic mass is 10.1. The maximum Gasteiger partial charge on any atom is 0.273 e. The first kappa shape index (κ1) is 27.6. The van der Waals surface area contributed by atoms with E-state index in [1.54, 1.807) is 36.4 Å². The first-order valence-corrected chi connectivity index (χ1v) is 14.0. The van der Waals surface area contributed by atoms with Crippen LogP contribution < -0.4 is 14.5 Å². The topological polar surface area (TPSA) is 88.1 Å². The number of benzene rings is 4. The number of nitrogens with one attached hydrogen (secondary N) is 1. The summed E-state index contributed by atoms with van der Waals surface area (Å²) in [5.74, 6) is 0.0523. The number of anilines is 1. The number of hydrogen-bond donors (Lipinski definition) is 1. The van der Waals surface area contributed by atoms with Crippen LogP contribution in [0.25, 0.3) is 0 Å². The van der Waals surface area contributed by atoms with Crippen molar-refractivity contribution in [3.63, 3.8) is 0 Å². The van der Waals surface area contributed by atoms with Gasteiger partial charge >= 0.3 is 0 Å². The Morgan fingerprint density at radius 1 is 0.821 bits per heavy atom. The van der Waals surface area contributed by atoms with Gasteiger partial charge in [-0.25, -0.2) is 13.8 Å². The Morgan fingerprint density at radius 2 is 1.41 bits per heavy atom. The molecule has 0 fully saturated rings. The molecule has 0 saturated heterocycles. The predicted octanol–water partition coefficient (Wildman–Crippen LogP) is 5.83. The first-order chi connectivity index (χ1) is 18.9. The van der Waals surface area contributed by atoms with E-state index in [0.29, 0.717) is 12.2 Å². The van der Waals surface area contributed by atoms with Gasteiger partial charge in [-0.05, 0) is 67.3 Å². The third-order valence-electron chi connectivity index (χ3n) is 6.20. The van der Waals surface area contributed by atoms with E-state index >= 15 is 0 Å². The lowest BCUT2D eigenvalue weighted by molar-refractivity contribution is 0.0955. The molecule has 0 bridgehead atoms. The van der Waals surface area contributed by atoms with Gasteiger partial charge in [0, 0.05) is 5.71 Å². The Morgan fingerprint density at radius 3 is 2.05 bits per heavy atom. The van der Waals surface area contributed by atoms with Gasteiger partial charge in [0.05, 0.1) is 29.8 Å². The molecule has 0 spiro atoms. The average Bonchev–Trinajstić information content (AvgIpc) is 2.98. The Hall–Kier alpha value is -4.43. The molecule has 1 amide bonds. The van der Waals surface area contributed by atoms with Crippen LogP contribution >= 0.6 is 0 Å². The molecule has 200 valence electrons. The van der Waals surface area contributed by atoms with Gasteiger partial charge in [0.2, 0.25) is 0 Å². The molecule has 8 heteroatoms. The fraction of sp³-hybridized carbons (Fsp3) is 0.161. The van der Waals surface area contributed by atoms with Crippen LogP contribution in [0.5, 0.6) is 5.75 Å². The smallest absolute Gasteiger partial charge is 0.273 e. The van der Waals surface area contributed by atoms with Crippen molar-refractivity contribution >= 4 is 27.3 Å². The van der Waals surface area contributed by atoms with E-state index in [1.807, 2.05) is 67.6 Å². The van der Waals surface area contributed by atoms with E-state index in [2.05, 4.69) is 10.5 Å². The second kappa shape index (κ2) is 12.9. The largest absolute Gasteiger partial charge is 0.497 e. The van der Waals surface area contributed by atoms with Gasteiger partial charge in [-0.15, -0.1) is 0 Å². The van der Waals surface area contributed by atoms with Gasteiger partial charge in [0.15, 0.2) is 0 Å². The number of carbonyl (C=O) groups is 1. The zero-order valence-electron chi connectivity index (χ0n) is 21.9. The van der Waals surface area contributed by atoms with Crippen molar-refractivity contribution in [2.24, 2.45) is 5.10 Å². The van der Waals surface area contributed by atoms with Crippen LogP contribution in [-0.2, 0) is 23.0 Å². The molecule has 4 rings (SSSR count). The van der Waals surface area contributed by atoms with Crippen LogP contribution in [0.2, 0.25) is 0 Å². The minimum Gasteiger partial charge on any atom is -0.497 e. The highest BCUT2D eigenvalue weighted by molar-refractivity contribution is 7.92. The molecule has 0 aromatic heterocycles. The van der Waals surface area contributed by atoms with Crippen LogP contribution in [0.4, 0.5) is 5.69 Å². The van der Waals surface area contributed by atoms with Crippen molar-refractivity contribution in [2.45, 2.75) is 31.2 Å². The van der Waals surface area contributed by atoms with Crippen LogP contribution in [0.3, 0.4) is 0 Å². The first-order valence-electron chi connectivity index (χ1n) is 12.6. The number of rotatable bonds is 11. The van der Waals surface area contributed by atoms with Crippen molar-refractivity contribution in [1.82, 2.24) is 5.43 Å². The summed E-state index contributed by atoms with van der Waals surface area (Å²) < 4.78 is 34.3. The number of hydrogen-bond acceptors (Lipinski definition) is 5. The second-order valence-corrected chi connectivity index (χ2v) is 10.8. The fourth-order valence-corrected chi connectivity index (χ4v) is 5.51. The molecule has 0 unspecified atom stereocenters. The van der Waals surface area contributed by atoms with Gasteiger partial charge in [-0.1, -0.05) is 72.8 Å². The Balaban J connectivity index is 1.63. The summed E-state index contributed by atoms with van der Waals surface area (Å²) >= 11 is 0. The minimum atomic E-state index is -4.04. The van der Waals surface area contributed by atoms with Gasteiger partial charge in [0.25, 0.3) is 15.9 Å². The third kappa shape index (κ3) is 7.12. The summed E-state index contributed by atoms with van der Waals surface area (Å²) in [6.07, 6.45) is 1.48. The van der Waals surface area contributed by atoms with E-state index in [4.69, 9.17) is 4.74 Å². The number of hydrazone groups is 1. The van der Waals surface area contributed by atoms with Gasteiger partial charge in [0.1, 0.15) is 5.75 Å². The Kier molecular flexibility index (Phi) is 9.12. The maximum absolute atomic E-state index is 13.9. The molecule has 0 aliphatic carbocycles. The van der Waals surface area contributed by atoms with Gasteiger partial charge in [-0.2, -0.15) is 5.10 Å². The molecule has 7 nitrogen and oxygen atoms in total. The highest BCUT2D eigenvalue weighted by atomic mass is 32.2. The molecule has 39 heavy (non-hydrogen) atoms. The van der Waals surface area contributed by atoms with Gasteiger partial charge in [-0.3, -0.25) is 9.10 Å². The zero-order valence-corrected chi connectivity index (χ0v) is 22.8. The molecular weight excluding hydrogens is 510 g/mol. The van der Waals surface area contributed by atoms with E-state index in [1.165, 1.54) is 29.1 Å². The van der Waals surface area contributed by atoms with E-state index < -0.39 is 15.9 Å². The monoisotopic (exact) mass is 541 g/mol. The summed E-state index contributed by atoms with van der Waals surface area (Å²) in [5, 5.41) is 4.27. The average molecular weight is 542 g/mol.